The molecule has 0 aliphatic heterocycles. The molecule has 7 heteroatoms. The minimum absolute atomic E-state index is 0.316. The smallest absolute Gasteiger partial charge is 0.273 e. The van der Waals surface area contributed by atoms with E-state index in [1.165, 1.54) is 17.4 Å². The van der Waals surface area contributed by atoms with Crippen molar-refractivity contribution >= 4 is 27.9 Å². The van der Waals surface area contributed by atoms with Crippen LogP contribution in [0.15, 0.2) is 54.0 Å². The van der Waals surface area contributed by atoms with E-state index in [0.717, 1.165) is 17.0 Å². The zero-order chi connectivity index (χ0) is 19.0. The van der Waals surface area contributed by atoms with Gasteiger partial charge in [0.25, 0.3) is 5.91 Å². The number of rotatable bonds is 4. The summed E-state index contributed by atoms with van der Waals surface area (Å²) in [4.78, 5) is 17.9. The van der Waals surface area contributed by atoms with Crippen molar-refractivity contribution in [1.82, 2.24) is 9.38 Å². The van der Waals surface area contributed by atoms with Crippen LogP contribution >= 0.6 is 11.3 Å². The lowest BCUT2D eigenvalue weighted by Gasteiger charge is -2.05. The third kappa shape index (κ3) is 3.29. The lowest BCUT2D eigenvalue weighted by atomic mass is 10.2. The number of carbonyl (C=O) groups is 1. The molecule has 0 atom stereocenters. The number of methoxy groups -OCH3 is 1. The van der Waals surface area contributed by atoms with Gasteiger partial charge in [0.2, 0.25) is 0 Å². The molecule has 0 saturated heterocycles. The Kier molecular flexibility index (Phi) is 4.37. The second-order valence-electron chi connectivity index (χ2n) is 6.05. The van der Waals surface area contributed by atoms with Crippen LogP contribution in [0.3, 0.4) is 0 Å². The summed E-state index contributed by atoms with van der Waals surface area (Å²) >= 11 is 1.37. The zero-order valence-electron chi connectivity index (χ0n) is 14.7. The molecule has 5 nitrogen and oxygen atoms in total. The molecule has 2 aromatic heterocycles. The molecule has 0 aliphatic rings. The Morgan fingerprint density at radius 2 is 2.00 bits per heavy atom. The lowest BCUT2D eigenvalue weighted by Crippen LogP contribution is -2.14. The van der Waals surface area contributed by atoms with Gasteiger partial charge in [-0.3, -0.25) is 9.20 Å². The van der Waals surface area contributed by atoms with E-state index in [9.17, 15) is 9.18 Å². The first kappa shape index (κ1) is 17.2. The third-order valence-electron chi connectivity index (χ3n) is 4.26. The van der Waals surface area contributed by atoms with Gasteiger partial charge >= 0.3 is 0 Å². The molecule has 4 aromatic rings. The summed E-state index contributed by atoms with van der Waals surface area (Å²) in [5.74, 6) is 0.0982. The van der Waals surface area contributed by atoms with E-state index in [2.05, 4.69) is 10.3 Å². The Bertz CT molecular complexity index is 1130. The molecule has 2 heterocycles. The largest absolute Gasteiger partial charge is 0.497 e. The number of fused-ring (bicyclic) bond motifs is 1. The molecule has 27 heavy (non-hydrogen) atoms. The van der Waals surface area contributed by atoms with Crippen LogP contribution in [0.4, 0.5) is 10.1 Å². The molecular formula is C20H16FN3O2S. The predicted octanol–water partition coefficient (Wildman–Crippen LogP) is 4.77. The van der Waals surface area contributed by atoms with Crippen LogP contribution in [0.1, 0.15) is 16.1 Å². The number of hydrogen-bond donors (Lipinski definition) is 1. The molecule has 1 amide bonds. The maximum atomic E-state index is 13.7. The summed E-state index contributed by atoms with van der Waals surface area (Å²) in [5, 5.41) is 4.47. The van der Waals surface area contributed by atoms with Crippen molar-refractivity contribution in [3.05, 3.63) is 71.1 Å². The number of imidazole rings is 1. The number of aryl methyl sites for hydroxylation is 1. The molecule has 0 saturated carbocycles. The normalized spacial score (nSPS) is 10.9. The van der Waals surface area contributed by atoms with Crippen LogP contribution in [0.25, 0.3) is 16.2 Å². The number of hydrogen-bond acceptors (Lipinski definition) is 4. The zero-order valence-corrected chi connectivity index (χ0v) is 15.5. The van der Waals surface area contributed by atoms with Crippen molar-refractivity contribution in [1.29, 1.82) is 0 Å². The van der Waals surface area contributed by atoms with Gasteiger partial charge in [-0.2, -0.15) is 0 Å². The molecule has 136 valence electrons. The van der Waals surface area contributed by atoms with Gasteiger partial charge in [-0.1, -0.05) is 6.07 Å². The minimum Gasteiger partial charge on any atom is -0.497 e. The van der Waals surface area contributed by atoms with Crippen LogP contribution in [-0.4, -0.2) is 22.4 Å². The van der Waals surface area contributed by atoms with Crippen molar-refractivity contribution in [3.63, 3.8) is 0 Å². The van der Waals surface area contributed by atoms with Gasteiger partial charge < -0.3 is 10.1 Å². The van der Waals surface area contributed by atoms with Crippen LogP contribution in [0.5, 0.6) is 5.75 Å². The highest BCUT2D eigenvalue weighted by molar-refractivity contribution is 7.15. The number of nitrogens with zero attached hydrogens (tertiary/aromatic N) is 2. The maximum Gasteiger partial charge on any atom is 0.273 e. The predicted molar refractivity (Wildman–Crippen MR) is 104 cm³/mol. The fourth-order valence-corrected chi connectivity index (χ4v) is 3.57. The number of benzene rings is 2. The van der Waals surface area contributed by atoms with E-state index in [-0.39, 0.29) is 11.7 Å². The Balaban J connectivity index is 1.62. The molecule has 0 spiro atoms. The molecule has 0 aliphatic carbocycles. The number of halogens is 1. The lowest BCUT2D eigenvalue weighted by molar-refractivity contribution is 0.102. The highest BCUT2D eigenvalue weighted by Gasteiger charge is 2.16. The Morgan fingerprint density at radius 1 is 1.22 bits per heavy atom. The standard InChI is InChI=1S/C20H16FN3O2S/c1-12-3-6-14(9-16(12)21)22-19(25)18-11-27-20-23-17(10-24(18)20)13-4-7-15(26-2)8-5-13/h3-11H,1-2H3,(H,22,25). The number of anilines is 1. The first-order valence-electron chi connectivity index (χ1n) is 8.23. The highest BCUT2D eigenvalue weighted by Crippen LogP contribution is 2.26. The molecule has 4 rings (SSSR count). The number of thiazole rings is 1. The first-order valence-corrected chi connectivity index (χ1v) is 9.11. The molecular weight excluding hydrogens is 365 g/mol. The van der Waals surface area contributed by atoms with Gasteiger partial charge in [-0.05, 0) is 48.9 Å². The van der Waals surface area contributed by atoms with Crippen molar-refractivity contribution in [3.8, 4) is 17.0 Å². The minimum atomic E-state index is -0.354. The summed E-state index contributed by atoms with van der Waals surface area (Å²) in [7, 11) is 1.62. The number of aromatic nitrogens is 2. The van der Waals surface area contributed by atoms with Gasteiger partial charge in [0, 0.05) is 22.8 Å². The summed E-state index contributed by atoms with van der Waals surface area (Å²) < 4.78 is 20.6. The molecule has 0 fully saturated rings. The van der Waals surface area contributed by atoms with Gasteiger partial charge in [-0.15, -0.1) is 11.3 Å². The van der Waals surface area contributed by atoms with Gasteiger partial charge in [0.15, 0.2) is 4.96 Å². The van der Waals surface area contributed by atoms with E-state index >= 15 is 0 Å². The van der Waals surface area contributed by atoms with Crippen molar-refractivity contribution in [2.75, 3.05) is 12.4 Å². The molecule has 2 aromatic carbocycles. The highest BCUT2D eigenvalue weighted by atomic mass is 32.1. The monoisotopic (exact) mass is 381 g/mol. The molecule has 1 N–H and O–H groups in total. The van der Waals surface area contributed by atoms with Crippen molar-refractivity contribution in [2.24, 2.45) is 0 Å². The SMILES string of the molecule is COc1ccc(-c2cn3c(C(=O)Nc4ccc(C)c(F)c4)csc3n2)cc1. The number of ether oxygens (including phenoxy) is 1. The number of nitrogens with one attached hydrogen (secondary N) is 1. The fraction of sp³-hybridized carbons (Fsp3) is 0.100. The quantitative estimate of drug-likeness (QED) is 0.554. The van der Waals surface area contributed by atoms with E-state index in [0.29, 0.717) is 21.9 Å². The fourth-order valence-electron chi connectivity index (χ4n) is 2.71. The summed E-state index contributed by atoms with van der Waals surface area (Å²) in [6.45, 7) is 1.68. The van der Waals surface area contributed by atoms with E-state index in [1.807, 2.05) is 30.5 Å². The molecule has 0 radical (unpaired) electrons. The topological polar surface area (TPSA) is 55.6 Å². The summed E-state index contributed by atoms with van der Waals surface area (Å²) in [6, 6.07) is 12.2. The second-order valence-corrected chi connectivity index (χ2v) is 6.88. The Labute approximate surface area is 159 Å². The van der Waals surface area contributed by atoms with Crippen LogP contribution in [-0.2, 0) is 0 Å². The maximum absolute atomic E-state index is 13.7. The molecule has 0 unspecified atom stereocenters. The molecule has 0 bridgehead atoms. The van der Waals surface area contributed by atoms with Gasteiger partial charge in [-0.25, -0.2) is 9.37 Å². The second kappa shape index (κ2) is 6.85. The average Bonchev–Trinajstić information content (AvgIpc) is 3.25. The van der Waals surface area contributed by atoms with Crippen LogP contribution in [0, 0.1) is 12.7 Å². The van der Waals surface area contributed by atoms with Crippen molar-refractivity contribution < 1.29 is 13.9 Å². The Morgan fingerprint density at radius 3 is 2.70 bits per heavy atom. The van der Waals surface area contributed by atoms with Crippen LogP contribution < -0.4 is 10.1 Å². The first-order chi connectivity index (χ1) is 13.0. The Hall–Kier alpha value is -3.19. The number of carbonyl (C=O) groups excluding carboxylic acids is 1. The summed E-state index contributed by atoms with van der Waals surface area (Å²) in [6.07, 6.45) is 1.82. The number of amides is 1. The average molecular weight is 381 g/mol. The van der Waals surface area contributed by atoms with Gasteiger partial charge in [0.05, 0.1) is 12.8 Å². The van der Waals surface area contributed by atoms with E-state index < -0.39 is 0 Å². The van der Waals surface area contributed by atoms with E-state index in [4.69, 9.17) is 4.74 Å². The van der Waals surface area contributed by atoms with E-state index in [1.54, 1.807) is 35.9 Å². The summed E-state index contributed by atoms with van der Waals surface area (Å²) in [5.41, 5.74) is 3.09. The van der Waals surface area contributed by atoms with Crippen molar-refractivity contribution in [2.45, 2.75) is 6.92 Å². The van der Waals surface area contributed by atoms with Gasteiger partial charge in [0.1, 0.15) is 17.3 Å². The third-order valence-corrected chi connectivity index (χ3v) is 5.10. The van der Waals surface area contributed by atoms with Crippen LogP contribution in [0.2, 0.25) is 0 Å².